The Hall–Kier alpha value is -3.10. The molecule has 9 heteroatoms. The number of alkyl halides is 3. The SMILES string of the molecule is Nc1c(C(=O)Nc2ccccc2C(F)(F)F)sc2nc3c(c(-c4ccc(Cl)cc4)c12)CCC3. The average molecular weight is 488 g/mol. The fourth-order valence-electron chi connectivity index (χ4n) is 4.27. The number of halogens is 4. The third kappa shape index (κ3) is 3.83. The number of carbonyl (C=O) groups is 1. The maximum atomic E-state index is 13.4. The van der Waals surface area contributed by atoms with Gasteiger partial charge in [0.2, 0.25) is 0 Å². The van der Waals surface area contributed by atoms with E-state index in [0.717, 1.165) is 59.0 Å². The molecule has 0 fully saturated rings. The molecular formula is C24H17ClF3N3OS. The molecule has 0 unspecified atom stereocenters. The minimum absolute atomic E-state index is 0.133. The number of hydrogen-bond donors (Lipinski definition) is 2. The minimum atomic E-state index is -4.60. The number of nitrogen functional groups attached to an aromatic ring is 1. The van der Waals surface area contributed by atoms with E-state index in [-0.39, 0.29) is 16.3 Å². The van der Waals surface area contributed by atoms with Crippen molar-refractivity contribution in [2.24, 2.45) is 0 Å². The van der Waals surface area contributed by atoms with Crippen LogP contribution in [-0.4, -0.2) is 10.9 Å². The number of nitrogens with two attached hydrogens (primary N) is 1. The second kappa shape index (κ2) is 8.04. The van der Waals surface area contributed by atoms with Gasteiger partial charge in [0, 0.05) is 16.1 Å². The van der Waals surface area contributed by atoms with Gasteiger partial charge in [-0.15, -0.1) is 11.3 Å². The van der Waals surface area contributed by atoms with Crippen LogP contribution in [0.2, 0.25) is 5.02 Å². The number of aromatic nitrogens is 1. The Morgan fingerprint density at radius 1 is 1.09 bits per heavy atom. The molecule has 0 aliphatic heterocycles. The van der Waals surface area contributed by atoms with Crippen molar-refractivity contribution in [1.82, 2.24) is 4.98 Å². The largest absolute Gasteiger partial charge is 0.418 e. The van der Waals surface area contributed by atoms with Crippen molar-refractivity contribution in [3.63, 3.8) is 0 Å². The summed E-state index contributed by atoms with van der Waals surface area (Å²) >= 11 is 7.15. The Balaban J connectivity index is 1.64. The molecule has 0 saturated heterocycles. The lowest BCUT2D eigenvalue weighted by atomic mass is 9.96. The number of aryl methyl sites for hydroxylation is 1. The maximum absolute atomic E-state index is 13.4. The molecular weight excluding hydrogens is 471 g/mol. The third-order valence-electron chi connectivity index (χ3n) is 5.72. The lowest BCUT2D eigenvalue weighted by molar-refractivity contribution is -0.136. The van der Waals surface area contributed by atoms with Crippen molar-refractivity contribution < 1.29 is 18.0 Å². The van der Waals surface area contributed by atoms with Gasteiger partial charge in [0.25, 0.3) is 5.91 Å². The molecule has 0 bridgehead atoms. The van der Waals surface area contributed by atoms with Crippen LogP contribution in [0.5, 0.6) is 0 Å². The number of fused-ring (bicyclic) bond motifs is 2. The lowest BCUT2D eigenvalue weighted by Crippen LogP contribution is -2.16. The summed E-state index contributed by atoms with van der Waals surface area (Å²) in [6, 6.07) is 12.2. The average Bonchev–Trinajstić information content (AvgIpc) is 3.37. The molecule has 3 N–H and O–H groups in total. The number of nitrogens with zero attached hydrogens (tertiary/aromatic N) is 1. The second-order valence-electron chi connectivity index (χ2n) is 7.79. The van der Waals surface area contributed by atoms with Crippen LogP contribution >= 0.6 is 22.9 Å². The standard InChI is InChI=1S/C24H17ClF3N3OS/c25-13-10-8-12(9-11-13)18-14-4-3-7-16(14)31-23-19(18)20(29)21(33-23)22(32)30-17-6-2-1-5-15(17)24(26,27)28/h1-2,5-6,8-11H,3-4,7,29H2,(H,30,32). The van der Waals surface area contributed by atoms with Crippen LogP contribution < -0.4 is 11.1 Å². The molecule has 1 amide bonds. The summed E-state index contributed by atoms with van der Waals surface area (Å²) in [6.07, 6.45) is -1.96. The summed E-state index contributed by atoms with van der Waals surface area (Å²) in [5.74, 6) is -0.700. The van der Waals surface area contributed by atoms with Gasteiger partial charge in [-0.25, -0.2) is 4.98 Å². The number of rotatable bonds is 3. The first-order valence-electron chi connectivity index (χ1n) is 10.2. The summed E-state index contributed by atoms with van der Waals surface area (Å²) in [5.41, 5.74) is 9.28. The van der Waals surface area contributed by atoms with Gasteiger partial charge in [-0.2, -0.15) is 13.2 Å². The van der Waals surface area contributed by atoms with Gasteiger partial charge in [-0.3, -0.25) is 4.79 Å². The Labute approximate surface area is 196 Å². The van der Waals surface area contributed by atoms with Gasteiger partial charge in [-0.1, -0.05) is 35.9 Å². The fraction of sp³-hybridized carbons (Fsp3) is 0.167. The van der Waals surface area contributed by atoms with E-state index in [1.54, 1.807) is 12.1 Å². The number of nitrogens with one attached hydrogen (secondary N) is 1. The molecule has 2 heterocycles. The minimum Gasteiger partial charge on any atom is -0.397 e. The van der Waals surface area contributed by atoms with E-state index >= 15 is 0 Å². The zero-order chi connectivity index (χ0) is 23.3. The number of carbonyl (C=O) groups excluding carboxylic acids is 1. The summed E-state index contributed by atoms with van der Waals surface area (Å²) in [7, 11) is 0. The molecule has 2 aromatic heterocycles. The Morgan fingerprint density at radius 2 is 1.82 bits per heavy atom. The highest BCUT2D eigenvalue weighted by atomic mass is 35.5. The topological polar surface area (TPSA) is 68.0 Å². The van der Waals surface area contributed by atoms with Gasteiger partial charge in [0.1, 0.15) is 9.71 Å². The van der Waals surface area contributed by atoms with Crippen LogP contribution in [0.4, 0.5) is 24.5 Å². The normalized spacial score (nSPS) is 13.3. The summed E-state index contributed by atoms with van der Waals surface area (Å²) < 4.78 is 40.1. The van der Waals surface area contributed by atoms with E-state index in [1.165, 1.54) is 18.2 Å². The van der Waals surface area contributed by atoms with E-state index in [9.17, 15) is 18.0 Å². The van der Waals surface area contributed by atoms with Crippen LogP contribution in [0.1, 0.15) is 32.9 Å². The number of para-hydroxylation sites is 1. The molecule has 0 saturated carbocycles. The van der Waals surface area contributed by atoms with Gasteiger partial charge < -0.3 is 11.1 Å². The van der Waals surface area contributed by atoms with Crippen LogP contribution in [-0.2, 0) is 19.0 Å². The molecule has 1 aliphatic rings. The predicted molar refractivity (Wildman–Crippen MR) is 126 cm³/mol. The van der Waals surface area contributed by atoms with E-state index in [1.807, 2.05) is 12.1 Å². The van der Waals surface area contributed by atoms with E-state index in [4.69, 9.17) is 22.3 Å². The molecule has 0 spiro atoms. The van der Waals surface area contributed by atoms with Gasteiger partial charge >= 0.3 is 6.18 Å². The number of pyridine rings is 1. The quantitative estimate of drug-likeness (QED) is 0.328. The van der Waals surface area contributed by atoms with Crippen molar-refractivity contribution in [2.75, 3.05) is 11.1 Å². The van der Waals surface area contributed by atoms with Crippen molar-refractivity contribution in [2.45, 2.75) is 25.4 Å². The molecule has 0 radical (unpaired) electrons. The number of anilines is 2. The molecule has 4 nitrogen and oxygen atoms in total. The zero-order valence-electron chi connectivity index (χ0n) is 17.1. The molecule has 33 heavy (non-hydrogen) atoms. The molecule has 2 aromatic carbocycles. The Morgan fingerprint density at radius 3 is 2.55 bits per heavy atom. The second-order valence-corrected chi connectivity index (χ2v) is 9.23. The molecule has 0 atom stereocenters. The van der Waals surface area contributed by atoms with E-state index in [2.05, 4.69) is 5.32 Å². The first kappa shape index (κ1) is 21.7. The number of benzene rings is 2. The van der Waals surface area contributed by atoms with Crippen molar-refractivity contribution in [3.8, 4) is 11.1 Å². The number of thiophene rings is 1. The zero-order valence-corrected chi connectivity index (χ0v) is 18.7. The van der Waals surface area contributed by atoms with Crippen molar-refractivity contribution in [1.29, 1.82) is 0 Å². The highest BCUT2D eigenvalue weighted by molar-refractivity contribution is 7.21. The first-order valence-corrected chi connectivity index (χ1v) is 11.4. The predicted octanol–water partition coefficient (Wildman–Crippen LogP) is 6.96. The van der Waals surface area contributed by atoms with Gasteiger partial charge in [-0.05, 0) is 60.2 Å². The number of hydrogen-bond acceptors (Lipinski definition) is 4. The first-order chi connectivity index (χ1) is 15.7. The Kier molecular flexibility index (Phi) is 5.29. The van der Waals surface area contributed by atoms with Crippen molar-refractivity contribution in [3.05, 3.63) is 75.3 Å². The van der Waals surface area contributed by atoms with E-state index < -0.39 is 17.6 Å². The maximum Gasteiger partial charge on any atom is 0.418 e. The summed E-state index contributed by atoms with van der Waals surface area (Å²) in [5, 5.41) is 3.63. The van der Waals surface area contributed by atoms with Gasteiger partial charge in [0.15, 0.2) is 0 Å². The highest BCUT2D eigenvalue weighted by Crippen LogP contribution is 2.45. The third-order valence-corrected chi connectivity index (χ3v) is 7.07. The van der Waals surface area contributed by atoms with Gasteiger partial charge in [0.05, 0.1) is 16.9 Å². The van der Waals surface area contributed by atoms with Crippen LogP contribution in [0.15, 0.2) is 48.5 Å². The number of amides is 1. The fourth-order valence-corrected chi connectivity index (χ4v) is 5.41. The smallest absolute Gasteiger partial charge is 0.397 e. The Bertz CT molecular complexity index is 1400. The van der Waals surface area contributed by atoms with E-state index in [0.29, 0.717) is 15.2 Å². The monoisotopic (exact) mass is 487 g/mol. The lowest BCUT2D eigenvalue weighted by Gasteiger charge is -2.13. The summed E-state index contributed by atoms with van der Waals surface area (Å²) in [4.78, 5) is 18.5. The van der Waals surface area contributed by atoms with Crippen LogP contribution in [0, 0.1) is 0 Å². The van der Waals surface area contributed by atoms with Crippen molar-refractivity contribution >= 4 is 50.4 Å². The molecule has 1 aliphatic carbocycles. The van der Waals surface area contributed by atoms with Crippen LogP contribution in [0.3, 0.4) is 0 Å². The van der Waals surface area contributed by atoms with Crippen LogP contribution in [0.25, 0.3) is 21.3 Å². The molecule has 5 rings (SSSR count). The summed E-state index contributed by atoms with van der Waals surface area (Å²) in [6.45, 7) is 0. The molecule has 168 valence electrons. The molecule has 4 aromatic rings. The highest BCUT2D eigenvalue weighted by Gasteiger charge is 2.34.